The van der Waals surface area contributed by atoms with Crippen LogP contribution < -0.4 is 5.32 Å². The van der Waals surface area contributed by atoms with Crippen molar-refractivity contribution in [1.82, 2.24) is 5.32 Å². The highest BCUT2D eigenvalue weighted by Crippen LogP contribution is 2.11. The summed E-state index contributed by atoms with van der Waals surface area (Å²) < 4.78 is 0. The molecule has 0 bridgehead atoms. The molecule has 0 heterocycles. The van der Waals surface area contributed by atoms with Gasteiger partial charge in [-0.3, -0.25) is 4.79 Å². The normalized spacial score (nSPS) is 12.6. The fourth-order valence-electron chi connectivity index (χ4n) is 2.10. The van der Waals surface area contributed by atoms with Crippen LogP contribution in [0.3, 0.4) is 0 Å². The maximum absolute atomic E-state index is 11.8. The standard InChI is InChI=1S/C18H27NO/c1-4-6-7-16(5-2)14-19-18(20)13-12-17-10-8-15(3)9-11-17/h8-13,16H,4-7,14H2,1-3H3,(H,19,20)/b13-12+/t16-/m1/s1. The summed E-state index contributed by atoms with van der Waals surface area (Å²) in [6.45, 7) is 7.24. The monoisotopic (exact) mass is 273 g/mol. The first-order chi connectivity index (χ1) is 9.65. The van der Waals surface area contributed by atoms with Gasteiger partial charge in [0.15, 0.2) is 0 Å². The van der Waals surface area contributed by atoms with Crippen LogP contribution in [0.4, 0.5) is 0 Å². The summed E-state index contributed by atoms with van der Waals surface area (Å²) in [5.41, 5.74) is 2.29. The third kappa shape index (κ3) is 6.55. The number of carbonyl (C=O) groups excluding carboxylic acids is 1. The zero-order valence-electron chi connectivity index (χ0n) is 13.0. The summed E-state index contributed by atoms with van der Waals surface area (Å²) in [5, 5.41) is 3.00. The molecule has 0 aliphatic heterocycles. The molecule has 1 atom stereocenters. The van der Waals surface area contributed by atoms with E-state index in [1.165, 1.54) is 24.8 Å². The van der Waals surface area contributed by atoms with Crippen molar-refractivity contribution in [3.05, 3.63) is 41.5 Å². The van der Waals surface area contributed by atoms with E-state index in [9.17, 15) is 4.79 Å². The second kappa shape index (κ2) is 9.35. The molecule has 20 heavy (non-hydrogen) atoms. The summed E-state index contributed by atoms with van der Waals surface area (Å²) in [5.74, 6) is 0.604. The van der Waals surface area contributed by atoms with Crippen LogP contribution in [-0.2, 0) is 4.79 Å². The summed E-state index contributed by atoms with van der Waals surface area (Å²) >= 11 is 0. The van der Waals surface area contributed by atoms with Crippen LogP contribution in [0.2, 0.25) is 0 Å². The topological polar surface area (TPSA) is 29.1 Å². The molecule has 1 N–H and O–H groups in total. The fourth-order valence-corrected chi connectivity index (χ4v) is 2.10. The lowest BCUT2D eigenvalue weighted by Crippen LogP contribution is -2.27. The average Bonchev–Trinajstić information content (AvgIpc) is 2.47. The van der Waals surface area contributed by atoms with Gasteiger partial charge >= 0.3 is 0 Å². The predicted molar refractivity (Wildman–Crippen MR) is 86.5 cm³/mol. The quantitative estimate of drug-likeness (QED) is 0.701. The van der Waals surface area contributed by atoms with Crippen molar-refractivity contribution in [2.45, 2.75) is 46.5 Å². The van der Waals surface area contributed by atoms with Crippen LogP contribution in [0.1, 0.15) is 50.7 Å². The Labute approximate surface area is 123 Å². The highest BCUT2D eigenvalue weighted by molar-refractivity contribution is 5.91. The number of unbranched alkanes of at least 4 members (excludes halogenated alkanes) is 1. The number of hydrogen-bond donors (Lipinski definition) is 1. The number of nitrogens with one attached hydrogen (secondary N) is 1. The second-order valence-electron chi connectivity index (χ2n) is 5.41. The highest BCUT2D eigenvalue weighted by Gasteiger charge is 2.06. The maximum Gasteiger partial charge on any atom is 0.244 e. The number of benzene rings is 1. The van der Waals surface area contributed by atoms with Gasteiger partial charge in [0.2, 0.25) is 5.91 Å². The molecule has 0 saturated heterocycles. The average molecular weight is 273 g/mol. The third-order valence-electron chi connectivity index (χ3n) is 3.61. The van der Waals surface area contributed by atoms with E-state index in [0.717, 1.165) is 18.5 Å². The first-order valence-electron chi connectivity index (χ1n) is 7.68. The number of carbonyl (C=O) groups is 1. The van der Waals surface area contributed by atoms with Gasteiger partial charge in [0.1, 0.15) is 0 Å². The van der Waals surface area contributed by atoms with Gasteiger partial charge in [-0.15, -0.1) is 0 Å². The Morgan fingerprint density at radius 1 is 1.25 bits per heavy atom. The molecule has 0 saturated carbocycles. The van der Waals surface area contributed by atoms with Gasteiger partial charge in [-0.2, -0.15) is 0 Å². The summed E-state index contributed by atoms with van der Waals surface area (Å²) in [6, 6.07) is 8.15. The Morgan fingerprint density at radius 2 is 1.95 bits per heavy atom. The Hall–Kier alpha value is -1.57. The molecule has 0 spiro atoms. The Morgan fingerprint density at radius 3 is 2.55 bits per heavy atom. The lowest BCUT2D eigenvalue weighted by atomic mass is 9.99. The van der Waals surface area contributed by atoms with Crippen molar-refractivity contribution in [3.63, 3.8) is 0 Å². The van der Waals surface area contributed by atoms with Crippen LogP contribution in [0.25, 0.3) is 6.08 Å². The molecule has 2 nitrogen and oxygen atoms in total. The minimum absolute atomic E-state index is 0.000485. The molecule has 1 aromatic carbocycles. The van der Waals surface area contributed by atoms with E-state index in [2.05, 4.69) is 38.2 Å². The fraction of sp³-hybridized carbons (Fsp3) is 0.500. The van der Waals surface area contributed by atoms with Crippen LogP contribution in [0.5, 0.6) is 0 Å². The van der Waals surface area contributed by atoms with Gasteiger partial charge in [-0.25, -0.2) is 0 Å². The van der Waals surface area contributed by atoms with Crippen LogP contribution in [-0.4, -0.2) is 12.5 Å². The van der Waals surface area contributed by atoms with Gasteiger partial charge in [-0.1, -0.05) is 62.9 Å². The van der Waals surface area contributed by atoms with E-state index >= 15 is 0 Å². The molecule has 110 valence electrons. The molecule has 0 fully saturated rings. The van der Waals surface area contributed by atoms with Gasteiger partial charge < -0.3 is 5.32 Å². The predicted octanol–water partition coefficient (Wildman–Crippen LogP) is 4.34. The van der Waals surface area contributed by atoms with Gasteiger partial charge in [-0.05, 0) is 30.9 Å². The smallest absolute Gasteiger partial charge is 0.244 e. The zero-order chi connectivity index (χ0) is 14.8. The van der Waals surface area contributed by atoms with E-state index in [4.69, 9.17) is 0 Å². The molecule has 0 radical (unpaired) electrons. The summed E-state index contributed by atoms with van der Waals surface area (Å²) in [7, 11) is 0. The minimum atomic E-state index is 0.000485. The van der Waals surface area contributed by atoms with Crippen molar-refractivity contribution in [1.29, 1.82) is 0 Å². The SMILES string of the molecule is CCCC[C@@H](CC)CNC(=O)/C=C/c1ccc(C)cc1. The molecule has 0 unspecified atom stereocenters. The minimum Gasteiger partial charge on any atom is -0.352 e. The molecule has 0 aliphatic rings. The largest absolute Gasteiger partial charge is 0.352 e. The van der Waals surface area contributed by atoms with Crippen molar-refractivity contribution >= 4 is 12.0 Å². The molecular formula is C18H27NO. The summed E-state index contributed by atoms with van der Waals surface area (Å²) in [4.78, 5) is 11.8. The number of amides is 1. The van der Waals surface area contributed by atoms with Gasteiger partial charge in [0, 0.05) is 12.6 Å². The lowest BCUT2D eigenvalue weighted by molar-refractivity contribution is -0.116. The molecule has 1 amide bonds. The van der Waals surface area contributed by atoms with E-state index in [1.807, 2.05) is 18.2 Å². The van der Waals surface area contributed by atoms with Gasteiger partial charge in [0.05, 0.1) is 0 Å². The molecule has 2 heteroatoms. The van der Waals surface area contributed by atoms with E-state index in [-0.39, 0.29) is 5.91 Å². The first-order valence-corrected chi connectivity index (χ1v) is 7.68. The molecular weight excluding hydrogens is 246 g/mol. The molecule has 1 rings (SSSR count). The second-order valence-corrected chi connectivity index (χ2v) is 5.41. The van der Waals surface area contributed by atoms with Crippen molar-refractivity contribution in [2.24, 2.45) is 5.92 Å². The van der Waals surface area contributed by atoms with E-state index in [0.29, 0.717) is 5.92 Å². The van der Waals surface area contributed by atoms with E-state index < -0.39 is 0 Å². The molecule has 0 aromatic heterocycles. The highest BCUT2D eigenvalue weighted by atomic mass is 16.1. The van der Waals surface area contributed by atoms with E-state index in [1.54, 1.807) is 6.08 Å². The molecule has 0 aliphatic carbocycles. The number of aryl methyl sites for hydroxylation is 1. The maximum atomic E-state index is 11.8. The Bertz CT molecular complexity index is 420. The van der Waals surface area contributed by atoms with Crippen LogP contribution >= 0.6 is 0 Å². The first kappa shape index (κ1) is 16.5. The molecule has 1 aromatic rings. The third-order valence-corrected chi connectivity index (χ3v) is 3.61. The van der Waals surface area contributed by atoms with Crippen LogP contribution in [0, 0.1) is 12.8 Å². The van der Waals surface area contributed by atoms with Gasteiger partial charge in [0.25, 0.3) is 0 Å². The Balaban J connectivity index is 2.37. The zero-order valence-corrected chi connectivity index (χ0v) is 13.0. The summed E-state index contributed by atoms with van der Waals surface area (Å²) in [6.07, 6.45) is 8.28. The number of rotatable bonds is 8. The van der Waals surface area contributed by atoms with Crippen LogP contribution in [0.15, 0.2) is 30.3 Å². The lowest BCUT2D eigenvalue weighted by Gasteiger charge is -2.14. The van der Waals surface area contributed by atoms with Crippen molar-refractivity contribution < 1.29 is 4.79 Å². The van der Waals surface area contributed by atoms with Crippen molar-refractivity contribution in [2.75, 3.05) is 6.54 Å². The number of hydrogen-bond acceptors (Lipinski definition) is 1. The van der Waals surface area contributed by atoms with Crippen molar-refractivity contribution in [3.8, 4) is 0 Å². The Kier molecular flexibility index (Phi) is 7.71.